The molecule has 7 rings (SSSR count). The van der Waals surface area contributed by atoms with Gasteiger partial charge in [-0.25, -0.2) is 0 Å². The van der Waals surface area contributed by atoms with E-state index in [1.807, 2.05) is 6.08 Å². The summed E-state index contributed by atoms with van der Waals surface area (Å²) in [5.41, 5.74) is -0.0582. The minimum Gasteiger partial charge on any atom is -0.394 e. The summed E-state index contributed by atoms with van der Waals surface area (Å²) in [6.45, 7) is -0.507. The Bertz CT molecular complexity index is 1450. The summed E-state index contributed by atoms with van der Waals surface area (Å²) in [7, 11) is 0. The number of rotatable bonds is 27. The molecule has 4 aliphatic carbocycles. The molecular formula is C48H83NO18. The van der Waals surface area contributed by atoms with Crippen LogP contribution in [0.5, 0.6) is 0 Å². The lowest BCUT2D eigenvalue weighted by Gasteiger charge is -2.56. The number of aliphatic hydroxyl groups excluding tert-OH is 11. The molecule has 0 aromatic carbocycles. The van der Waals surface area contributed by atoms with Crippen LogP contribution in [0.4, 0.5) is 0 Å². The Hall–Kier alpha value is -1.47. The van der Waals surface area contributed by atoms with Gasteiger partial charge in [-0.05, 0) is 74.5 Å². The molecule has 3 saturated heterocycles. The molecule has 17 atom stereocenters. The third kappa shape index (κ3) is 14.4. The van der Waals surface area contributed by atoms with Crippen LogP contribution < -0.4 is 5.32 Å². The predicted molar refractivity (Wildman–Crippen MR) is 238 cm³/mol. The van der Waals surface area contributed by atoms with E-state index in [0.29, 0.717) is 24.2 Å². The summed E-state index contributed by atoms with van der Waals surface area (Å²) in [5, 5.41) is 120. The van der Waals surface area contributed by atoms with E-state index in [0.717, 1.165) is 44.9 Å². The number of allylic oxidation sites excluding steroid dienone is 1. The van der Waals surface area contributed by atoms with Gasteiger partial charge in [-0.15, -0.1) is 0 Å². The molecule has 4 saturated carbocycles. The van der Waals surface area contributed by atoms with Gasteiger partial charge >= 0.3 is 0 Å². The van der Waals surface area contributed by atoms with Gasteiger partial charge in [0, 0.05) is 6.42 Å². The summed E-state index contributed by atoms with van der Waals surface area (Å²) in [6.07, 6.45) is -1.86. The highest BCUT2D eigenvalue weighted by Gasteiger charge is 2.55. The molecule has 0 radical (unpaired) electrons. The molecule has 19 heteroatoms. The van der Waals surface area contributed by atoms with Crippen molar-refractivity contribution in [2.75, 3.05) is 26.4 Å². The standard InChI is InChI=1S/C48H83NO18/c1-2-3-4-5-6-7-8-9-10-11-12-13-14-15-31(53)30(49-35(54)22-48-19-27-16-28(20-48)18-29(17-27)21-48)26-62-45-41(60)38(57)43(33(24-51)64-45)67-47-42(61)39(58)44(34(25-52)65-47)66-46-40(59)37(56)36(55)32(23-50)63-46/h14-15,27-34,36-47,50-53,55-61H,2-13,16-26H2,1H3,(H,49,54)/b15-14+/t27?,28?,29?,30?,31?,32-,33-,34-,36-,37+,38-,39-,40-,41-,42-,43+,44+,45+,46+,47+,48?/m1/s1. The van der Waals surface area contributed by atoms with Gasteiger partial charge in [0.25, 0.3) is 0 Å². The molecular weight excluding hydrogens is 879 g/mol. The number of ether oxygens (including phenoxy) is 6. The van der Waals surface area contributed by atoms with E-state index in [1.54, 1.807) is 6.08 Å². The lowest BCUT2D eigenvalue weighted by atomic mass is 9.49. The molecule has 0 aromatic rings. The summed E-state index contributed by atoms with van der Waals surface area (Å²) in [6, 6.07) is -0.953. The summed E-state index contributed by atoms with van der Waals surface area (Å²) < 4.78 is 34.3. The van der Waals surface area contributed by atoms with Crippen molar-refractivity contribution in [3.8, 4) is 0 Å². The van der Waals surface area contributed by atoms with E-state index in [2.05, 4.69) is 12.2 Å². The molecule has 1 amide bonds. The lowest BCUT2D eigenvalue weighted by Crippen LogP contribution is -2.66. The maximum Gasteiger partial charge on any atom is 0.220 e. The topological polar surface area (TPSA) is 307 Å². The van der Waals surface area contributed by atoms with Crippen LogP contribution in [-0.4, -0.2) is 193 Å². The van der Waals surface area contributed by atoms with Crippen molar-refractivity contribution in [2.45, 2.75) is 233 Å². The third-order valence-electron chi connectivity index (χ3n) is 15.3. The first-order valence-electron chi connectivity index (χ1n) is 25.3. The molecule has 4 bridgehead atoms. The van der Waals surface area contributed by atoms with Crippen molar-refractivity contribution < 1.29 is 89.4 Å². The quantitative estimate of drug-likeness (QED) is 0.0386. The van der Waals surface area contributed by atoms with Gasteiger partial charge in [0.15, 0.2) is 18.9 Å². The third-order valence-corrected chi connectivity index (χ3v) is 15.3. The van der Waals surface area contributed by atoms with Gasteiger partial charge in [-0.2, -0.15) is 0 Å². The van der Waals surface area contributed by atoms with Crippen LogP contribution >= 0.6 is 0 Å². The Morgan fingerprint density at radius 1 is 0.612 bits per heavy atom. The molecule has 19 nitrogen and oxygen atoms in total. The largest absolute Gasteiger partial charge is 0.394 e. The number of hydrogen-bond donors (Lipinski definition) is 12. The molecule has 3 heterocycles. The minimum absolute atomic E-state index is 0.0582. The molecule has 12 N–H and O–H groups in total. The molecule has 7 fully saturated rings. The van der Waals surface area contributed by atoms with Gasteiger partial charge in [0.2, 0.25) is 5.91 Å². The molecule has 0 spiro atoms. The number of hydrogen-bond acceptors (Lipinski definition) is 18. The zero-order valence-electron chi connectivity index (χ0n) is 39.2. The second kappa shape index (κ2) is 26.3. The summed E-state index contributed by atoms with van der Waals surface area (Å²) >= 11 is 0. The van der Waals surface area contributed by atoms with Crippen molar-refractivity contribution in [2.24, 2.45) is 23.2 Å². The number of unbranched alkanes of at least 4 members (excludes halogenated alkanes) is 11. The predicted octanol–water partition coefficient (Wildman–Crippen LogP) is 0.161. The van der Waals surface area contributed by atoms with Crippen LogP contribution in [0.1, 0.15) is 129 Å². The van der Waals surface area contributed by atoms with Crippen LogP contribution in [0.3, 0.4) is 0 Å². The number of carbonyl (C=O) groups is 1. The maximum atomic E-state index is 13.8. The Morgan fingerprint density at radius 2 is 1.06 bits per heavy atom. The van der Waals surface area contributed by atoms with Crippen LogP contribution in [-0.2, 0) is 33.2 Å². The Balaban J connectivity index is 1.03. The molecule has 2 unspecified atom stereocenters. The highest BCUT2D eigenvalue weighted by molar-refractivity contribution is 5.77. The molecule has 0 aromatic heterocycles. The van der Waals surface area contributed by atoms with Crippen LogP contribution in [0.2, 0.25) is 0 Å². The highest BCUT2D eigenvalue weighted by atomic mass is 16.8. The second-order valence-corrected chi connectivity index (χ2v) is 20.7. The van der Waals surface area contributed by atoms with Crippen molar-refractivity contribution in [1.29, 1.82) is 0 Å². The van der Waals surface area contributed by atoms with Crippen molar-refractivity contribution in [1.82, 2.24) is 5.32 Å². The number of amides is 1. The number of aliphatic hydroxyl groups is 11. The van der Waals surface area contributed by atoms with Gasteiger partial charge in [-0.3, -0.25) is 4.79 Å². The zero-order chi connectivity index (χ0) is 48.3. The van der Waals surface area contributed by atoms with Crippen molar-refractivity contribution in [3.05, 3.63) is 12.2 Å². The van der Waals surface area contributed by atoms with Crippen molar-refractivity contribution >= 4 is 5.91 Å². The Kier molecular flexibility index (Phi) is 21.5. The molecule has 388 valence electrons. The van der Waals surface area contributed by atoms with E-state index in [4.69, 9.17) is 28.4 Å². The average Bonchev–Trinajstić information content (AvgIpc) is 3.30. The summed E-state index contributed by atoms with van der Waals surface area (Å²) in [5.74, 6) is 1.75. The SMILES string of the molecule is CCCCCCCCCCCCC/C=C/C(O)C(CO[C@H]1O[C@H](CO)[C@H](O[C@@H]2O[C@H](CO)[C@H](O[C@@H]3O[C@H](CO)[C@@H](O)[C@H](O)[C@H]3O)[C@H](O)[C@H]2O)[C@H](O)[C@H]1O)NC(=O)CC12CC3CC(CC(C3)C1)C2. The summed E-state index contributed by atoms with van der Waals surface area (Å²) in [4.78, 5) is 13.8. The maximum absolute atomic E-state index is 13.8. The number of nitrogens with one attached hydrogen (secondary N) is 1. The first kappa shape index (κ1) is 54.9. The van der Waals surface area contributed by atoms with E-state index >= 15 is 0 Å². The normalized spacial score (nSPS) is 41.7. The van der Waals surface area contributed by atoms with Crippen LogP contribution in [0.15, 0.2) is 12.2 Å². The van der Waals surface area contributed by atoms with Crippen molar-refractivity contribution in [3.63, 3.8) is 0 Å². The average molecular weight is 962 g/mol. The lowest BCUT2D eigenvalue weighted by molar-refractivity contribution is -0.379. The fourth-order valence-electron chi connectivity index (χ4n) is 12.0. The fraction of sp³-hybridized carbons (Fsp3) is 0.938. The van der Waals surface area contributed by atoms with E-state index in [-0.39, 0.29) is 17.9 Å². The van der Waals surface area contributed by atoms with E-state index < -0.39 is 124 Å². The molecule has 67 heavy (non-hydrogen) atoms. The van der Waals surface area contributed by atoms with Crippen LogP contribution in [0, 0.1) is 23.2 Å². The minimum atomic E-state index is -1.97. The molecule has 7 aliphatic rings. The van der Waals surface area contributed by atoms with Gasteiger partial charge in [-0.1, -0.05) is 83.3 Å². The second-order valence-electron chi connectivity index (χ2n) is 20.7. The van der Waals surface area contributed by atoms with E-state index in [1.165, 1.54) is 70.6 Å². The van der Waals surface area contributed by atoms with Gasteiger partial charge in [0.05, 0.1) is 38.6 Å². The first-order chi connectivity index (χ1) is 32.2. The Morgan fingerprint density at radius 3 is 1.57 bits per heavy atom. The van der Waals surface area contributed by atoms with E-state index in [9.17, 15) is 61.0 Å². The highest BCUT2D eigenvalue weighted by Crippen LogP contribution is 2.61. The van der Waals surface area contributed by atoms with Crippen LogP contribution in [0.25, 0.3) is 0 Å². The smallest absolute Gasteiger partial charge is 0.220 e. The molecule has 3 aliphatic heterocycles. The first-order valence-corrected chi connectivity index (χ1v) is 25.3. The van der Waals surface area contributed by atoms with Gasteiger partial charge < -0.3 is 89.9 Å². The number of carbonyl (C=O) groups excluding carboxylic acids is 1. The van der Waals surface area contributed by atoms with Gasteiger partial charge in [0.1, 0.15) is 73.2 Å². The monoisotopic (exact) mass is 962 g/mol. The fourth-order valence-corrected chi connectivity index (χ4v) is 12.0. The Labute approximate surface area is 394 Å². The zero-order valence-corrected chi connectivity index (χ0v) is 39.2.